The number of hydrogen-bond donors (Lipinski definition) is 1. The first-order valence-corrected chi connectivity index (χ1v) is 8.05. The number of nitro benzene ring substituents is 1. The van der Waals surface area contributed by atoms with E-state index in [1.807, 2.05) is 5.01 Å². The predicted octanol–water partition coefficient (Wildman–Crippen LogP) is 1.67. The number of benzene rings is 1. The molecule has 8 heteroatoms. The first-order valence-electron chi connectivity index (χ1n) is 7.67. The van der Waals surface area contributed by atoms with E-state index in [1.165, 1.54) is 17.0 Å². The number of likely N-dealkylation sites (N-methyl/N-ethyl adjacent to an activating group) is 1. The number of hydrazone groups is 1. The van der Waals surface area contributed by atoms with Gasteiger partial charge in [-0.25, -0.2) is 0 Å². The monoisotopic (exact) mass is 349 g/mol. The van der Waals surface area contributed by atoms with Crippen LogP contribution in [-0.2, 0) is 0 Å². The number of piperazine rings is 1. The third-order valence-corrected chi connectivity index (χ3v) is 4.31. The molecule has 1 N–H and O–H groups in total. The molecule has 126 valence electrons. The van der Waals surface area contributed by atoms with Crippen LogP contribution in [0.1, 0.15) is 5.76 Å². The van der Waals surface area contributed by atoms with Crippen molar-refractivity contribution in [2.75, 3.05) is 33.2 Å². The minimum Gasteiger partial charge on any atom is -0.455 e. The van der Waals surface area contributed by atoms with Gasteiger partial charge in [-0.3, -0.25) is 15.1 Å². The summed E-state index contributed by atoms with van der Waals surface area (Å²) in [6.07, 6.45) is 1.68. The molecule has 1 aliphatic rings. The second kappa shape index (κ2) is 7.02. The molecule has 1 aromatic carbocycles. The van der Waals surface area contributed by atoms with Crippen molar-refractivity contribution in [2.45, 2.75) is 0 Å². The van der Waals surface area contributed by atoms with Crippen LogP contribution in [-0.4, -0.2) is 49.4 Å². The maximum absolute atomic E-state index is 10.8. The quantitative estimate of drug-likeness (QED) is 0.517. The van der Waals surface area contributed by atoms with E-state index >= 15 is 0 Å². The van der Waals surface area contributed by atoms with E-state index in [0.29, 0.717) is 17.1 Å². The number of nitrogens with one attached hydrogen (secondary N) is 1. The molecule has 0 saturated carbocycles. The highest BCUT2D eigenvalue weighted by Crippen LogP contribution is 2.32. The van der Waals surface area contributed by atoms with Crippen molar-refractivity contribution < 1.29 is 14.2 Å². The van der Waals surface area contributed by atoms with Crippen LogP contribution >= 0.6 is 11.6 Å². The Morgan fingerprint density at radius 1 is 1.33 bits per heavy atom. The Kier molecular flexibility index (Phi) is 4.82. The van der Waals surface area contributed by atoms with Gasteiger partial charge in [0, 0.05) is 17.7 Å². The second-order valence-corrected chi connectivity index (χ2v) is 6.19. The first-order chi connectivity index (χ1) is 11.5. The maximum atomic E-state index is 10.8. The number of nitro groups is 1. The highest BCUT2D eigenvalue weighted by atomic mass is 35.5. The Balaban J connectivity index is 1.72. The normalized spacial score (nSPS) is 16.0. The van der Waals surface area contributed by atoms with Crippen LogP contribution in [0.2, 0.25) is 5.02 Å². The standard InChI is InChI=1S/C16H17ClN4O3/c1-19-6-8-20(9-7-19)18-11-13-3-5-16(24-13)14-4-2-12(21(22)23)10-15(14)17/h2-5,10-11H,6-9H2,1H3/p+1/b18-11-. The summed E-state index contributed by atoms with van der Waals surface area (Å²) in [6, 6.07) is 7.90. The summed E-state index contributed by atoms with van der Waals surface area (Å²) in [5, 5.41) is 17.5. The van der Waals surface area contributed by atoms with Crippen molar-refractivity contribution in [1.29, 1.82) is 0 Å². The van der Waals surface area contributed by atoms with Crippen LogP contribution in [0.3, 0.4) is 0 Å². The fraction of sp³-hybridized carbons (Fsp3) is 0.312. The zero-order valence-corrected chi connectivity index (χ0v) is 14.0. The number of nitrogens with zero attached hydrogens (tertiary/aromatic N) is 3. The predicted molar refractivity (Wildman–Crippen MR) is 91.6 cm³/mol. The highest BCUT2D eigenvalue weighted by molar-refractivity contribution is 6.33. The van der Waals surface area contributed by atoms with Crippen molar-refractivity contribution >= 4 is 23.5 Å². The van der Waals surface area contributed by atoms with Crippen molar-refractivity contribution in [3.05, 3.63) is 51.2 Å². The molecule has 0 amide bonds. The van der Waals surface area contributed by atoms with E-state index in [-0.39, 0.29) is 10.7 Å². The smallest absolute Gasteiger partial charge is 0.270 e. The van der Waals surface area contributed by atoms with Crippen LogP contribution in [0, 0.1) is 10.1 Å². The Hall–Kier alpha value is -2.38. The molecule has 24 heavy (non-hydrogen) atoms. The molecule has 2 aromatic rings. The maximum Gasteiger partial charge on any atom is 0.270 e. The van der Waals surface area contributed by atoms with Crippen LogP contribution in [0.25, 0.3) is 11.3 Å². The average molecular weight is 350 g/mol. The first kappa shape index (κ1) is 16.5. The zero-order chi connectivity index (χ0) is 17.1. The molecule has 0 aliphatic carbocycles. The average Bonchev–Trinajstić information content (AvgIpc) is 3.03. The number of non-ortho nitro benzene ring substituents is 1. The van der Waals surface area contributed by atoms with Crippen molar-refractivity contribution in [3.8, 4) is 11.3 Å². The molecule has 1 aliphatic heterocycles. The topological polar surface area (TPSA) is 76.3 Å². The molecule has 0 unspecified atom stereocenters. The lowest BCUT2D eigenvalue weighted by atomic mass is 10.1. The van der Waals surface area contributed by atoms with E-state index < -0.39 is 4.92 Å². The van der Waals surface area contributed by atoms with Crippen LogP contribution in [0.5, 0.6) is 0 Å². The van der Waals surface area contributed by atoms with Gasteiger partial charge in [0.25, 0.3) is 5.69 Å². The summed E-state index contributed by atoms with van der Waals surface area (Å²) in [6.45, 7) is 3.98. The SMILES string of the molecule is C[NH+]1CCN(/N=C\c2ccc(-c3ccc([N+](=O)[O-])cc3Cl)o2)CC1. The minimum absolute atomic E-state index is 0.0470. The van der Waals surface area contributed by atoms with Gasteiger partial charge < -0.3 is 9.32 Å². The molecular formula is C16H18ClN4O3+. The number of rotatable bonds is 4. The van der Waals surface area contributed by atoms with Gasteiger partial charge in [-0.15, -0.1) is 0 Å². The molecular weight excluding hydrogens is 332 g/mol. The molecule has 1 saturated heterocycles. The molecule has 3 rings (SSSR count). The molecule has 0 bridgehead atoms. The Morgan fingerprint density at radius 2 is 2.08 bits per heavy atom. The number of furan rings is 1. The fourth-order valence-electron chi connectivity index (χ4n) is 2.52. The molecule has 1 fully saturated rings. The van der Waals surface area contributed by atoms with Gasteiger partial charge >= 0.3 is 0 Å². The van der Waals surface area contributed by atoms with Crippen molar-refractivity contribution in [1.82, 2.24) is 5.01 Å². The third-order valence-electron chi connectivity index (χ3n) is 4.00. The summed E-state index contributed by atoms with van der Waals surface area (Å²) in [4.78, 5) is 11.8. The Bertz CT molecular complexity index is 766. The van der Waals surface area contributed by atoms with E-state index in [2.05, 4.69) is 12.1 Å². The molecule has 0 atom stereocenters. The largest absolute Gasteiger partial charge is 0.455 e. The van der Waals surface area contributed by atoms with E-state index in [1.54, 1.807) is 24.4 Å². The molecule has 0 spiro atoms. The van der Waals surface area contributed by atoms with Gasteiger partial charge in [-0.05, 0) is 18.2 Å². The summed E-state index contributed by atoms with van der Waals surface area (Å²) >= 11 is 6.12. The van der Waals surface area contributed by atoms with Crippen LogP contribution in [0.4, 0.5) is 5.69 Å². The summed E-state index contributed by atoms with van der Waals surface area (Å²) in [7, 11) is 2.17. The Labute approximate surface area is 144 Å². The molecule has 2 heterocycles. The van der Waals surface area contributed by atoms with Crippen molar-refractivity contribution in [3.63, 3.8) is 0 Å². The number of halogens is 1. The van der Waals surface area contributed by atoms with Gasteiger partial charge in [-0.1, -0.05) is 11.6 Å². The molecule has 7 nitrogen and oxygen atoms in total. The van der Waals surface area contributed by atoms with Gasteiger partial charge in [0.05, 0.1) is 49.4 Å². The van der Waals surface area contributed by atoms with E-state index in [0.717, 1.165) is 26.2 Å². The number of quaternary nitrogens is 1. The van der Waals surface area contributed by atoms with Crippen molar-refractivity contribution in [2.24, 2.45) is 5.10 Å². The molecule has 1 aromatic heterocycles. The highest BCUT2D eigenvalue weighted by Gasteiger charge is 2.15. The lowest BCUT2D eigenvalue weighted by molar-refractivity contribution is -0.884. The lowest BCUT2D eigenvalue weighted by Crippen LogP contribution is -3.11. The van der Waals surface area contributed by atoms with E-state index in [9.17, 15) is 10.1 Å². The second-order valence-electron chi connectivity index (χ2n) is 5.78. The van der Waals surface area contributed by atoms with Crippen LogP contribution in [0.15, 0.2) is 39.9 Å². The minimum atomic E-state index is -0.479. The van der Waals surface area contributed by atoms with Gasteiger partial charge in [-0.2, -0.15) is 5.10 Å². The third kappa shape index (κ3) is 3.74. The van der Waals surface area contributed by atoms with Crippen LogP contribution < -0.4 is 4.90 Å². The fourth-order valence-corrected chi connectivity index (χ4v) is 2.78. The van der Waals surface area contributed by atoms with Gasteiger partial charge in [0.15, 0.2) is 0 Å². The molecule has 0 radical (unpaired) electrons. The zero-order valence-electron chi connectivity index (χ0n) is 13.2. The van der Waals surface area contributed by atoms with E-state index in [4.69, 9.17) is 16.0 Å². The summed E-state index contributed by atoms with van der Waals surface area (Å²) < 4.78 is 5.73. The lowest BCUT2D eigenvalue weighted by Gasteiger charge is -2.27. The van der Waals surface area contributed by atoms with Gasteiger partial charge in [0.2, 0.25) is 0 Å². The summed E-state index contributed by atoms with van der Waals surface area (Å²) in [5.41, 5.74) is 0.569. The number of hydrogen-bond acceptors (Lipinski definition) is 5. The summed E-state index contributed by atoms with van der Waals surface area (Å²) in [5.74, 6) is 1.17. The van der Waals surface area contributed by atoms with Gasteiger partial charge in [0.1, 0.15) is 11.5 Å². The Morgan fingerprint density at radius 3 is 2.75 bits per heavy atom.